The highest BCUT2D eigenvalue weighted by Crippen LogP contribution is 2.27. The fourth-order valence-corrected chi connectivity index (χ4v) is 3.70. The van der Waals surface area contributed by atoms with Crippen molar-refractivity contribution in [3.05, 3.63) is 33.9 Å². The number of nitrogens with zero attached hydrogens (tertiary/aromatic N) is 1. The monoisotopic (exact) mass is 344 g/mol. The molecule has 1 fully saturated rings. The van der Waals surface area contributed by atoms with Crippen LogP contribution in [0.3, 0.4) is 0 Å². The molecule has 0 bridgehead atoms. The molecule has 2 rings (SSSR count). The number of hydrogen-bond donors (Lipinski definition) is 1. The minimum absolute atomic E-state index is 0.195. The number of rotatable bonds is 5. The number of carbonyl (C=O) groups is 3. The van der Waals surface area contributed by atoms with Crippen LogP contribution in [-0.4, -0.2) is 34.7 Å². The Morgan fingerprint density at radius 1 is 1.12 bits per heavy atom. The first-order chi connectivity index (χ1) is 11.5. The van der Waals surface area contributed by atoms with Gasteiger partial charge in [0, 0.05) is 5.56 Å². The minimum Gasteiger partial charge on any atom is -0.323 e. The van der Waals surface area contributed by atoms with Gasteiger partial charge in [-0.15, -0.1) is 0 Å². The maximum Gasteiger partial charge on any atom is 0.325 e. The number of Topliss-reactive ketones (excluding diaryl/α,β-unsaturated/α-hetero) is 1. The predicted octanol–water partition coefficient (Wildman–Crippen LogP) is 3.46. The molecule has 1 aliphatic rings. The number of urea groups is 1. The lowest BCUT2D eigenvalue weighted by Crippen LogP contribution is -2.45. The van der Waals surface area contributed by atoms with Crippen LogP contribution in [0.1, 0.15) is 59.8 Å². The van der Waals surface area contributed by atoms with E-state index in [0.29, 0.717) is 12.0 Å². The van der Waals surface area contributed by atoms with Crippen molar-refractivity contribution in [2.45, 2.75) is 60.4 Å². The van der Waals surface area contributed by atoms with Crippen LogP contribution in [0.25, 0.3) is 0 Å². The minimum atomic E-state index is -0.932. The van der Waals surface area contributed by atoms with Crippen LogP contribution in [0, 0.1) is 33.6 Å². The molecule has 136 valence electrons. The SMILES string of the molecule is Cc1cc(C)c(C)c(C(=O)CN2C(=O)N[C@@](C)(CC(C)C)C2=O)c1C. The molecule has 25 heavy (non-hydrogen) atoms. The summed E-state index contributed by atoms with van der Waals surface area (Å²) in [5, 5.41) is 2.76. The molecule has 5 heteroatoms. The van der Waals surface area contributed by atoms with Gasteiger partial charge in [0.1, 0.15) is 5.54 Å². The number of benzene rings is 1. The van der Waals surface area contributed by atoms with Crippen LogP contribution in [-0.2, 0) is 4.79 Å². The second kappa shape index (κ2) is 6.62. The maximum atomic E-state index is 12.9. The molecule has 1 saturated heterocycles. The Morgan fingerprint density at radius 2 is 1.64 bits per heavy atom. The zero-order valence-electron chi connectivity index (χ0n) is 16.2. The van der Waals surface area contributed by atoms with Crippen molar-refractivity contribution < 1.29 is 14.4 Å². The first-order valence-electron chi connectivity index (χ1n) is 8.72. The third-order valence-electron chi connectivity index (χ3n) is 5.11. The van der Waals surface area contributed by atoms with Crippen LogP contribution in [0.5, 0.6) is 0 Å². The van der Waals surface area contributed by atoms with Crippen LogP contribution in [0.2, 0.25) is 0 Å². The average Bonchev–Trinajstić information content (AvgIpc) is 2.68. The van der Waals surface area contributed by atoms with Crippen LogP contribution in [0.4, 0.5) is 4.79 Å². The summed E-state index contributed by atoms with van der Waals surface area (Å²) in [6, 6.07) is 1.57. The third kappa shape index (κ3) is 3.46. The van der Waals surface area contributed by atoms with E-state index in [1.54, 1.807) is 6.92 Å². The molecule has 1 aromatic rings. The van der Waals surface area contributed by atoms with E-state index in [-0.39, 0.29) is 24.2 Å². The van der Waals surface area contributed by atoms with E-state index < -0.39 is 11.6 Å². The quantitative estimate of drug-likeness (QED) is 0.657. The first-order valence-corrected chi connectivity index (χ1v) is 8.72. The lowest BCUT2D eigenvalue weighted by Gasteiger charge is -2.23. The van der Waals surface area contributed by atoms with Crippen molar-refractivity contribution in [2.24, 2.45) is 5.92 Å². The molecular formula is C20H28N2O3. The van der Waals surface area contributed by atoms with Crippen molar-refractivity contribution in [3.63, 3.8) is 0 Å². The summed E-state index contributed by atoms with van der Waals surface area (Å²) in [6.07, 6.45) is 0.546. The highest BCUT2D eigenvalue weighted by Gasteiger charge is 2.48. The van der Waals surface area contributed by atoms with Crippen molar-refractivity contribution in [1.29, 1.82) is 0 Å². The zero-order chi connectivity index (χ0) is 19.1. The van der Waals surface area contributed by atoms with Gasteiger partial charge in [0.05, 0.1) is 6.54 Å². The van der Waals surface area contributed by atoms with Crippen LogP contribution in [0.15, 0.2) is 6.07 Å². The Hall–Kier alpha value is -2.17. The van der Waals surface area contributed by atoms with Gasteiger partial charge >= 0.3 is 6.03 Å². The summed E-state index contributed by atoms with van der Waals surface area (Å²) in [7, 11) is 0. The number of aryl methyl sites for hydroxylation is 2. The fraction of sp³-hybridized carbons (Fsp3) is 0.550. The molecule has 0 saturated carbocycles. The Bertz CT molecular complexity index is 726. The number of hydrogen-bond acceptors (Lipinski definition) is 3. The van der Waals surface area contributed by atoms with Crippen molar-refractivity contribution in [1.82, 2.24) is 10.2 Å². The van der Waals surface area contributed by atoms with Gasteiger partial charge in [-0.25, -0.2) is 4.79 Å². The van der Waals surface area contributed by atoms with Crippen molar-refractivity contribution in [2.75, 3.05) is 6.54 Å². The van der Waals surface area contributed by atoms with Gasteiger partial charge in [-0.1, -0.05) is 19.9 Å². The summed E-state index contributed by atoms with van der Waals surface area (Å²) in [6.45, 7) is 13.3. The fourth-order valence-electron chi connectivity index (χ4n) is 3.70. The molecule has 1 aliphatic heterocycles. The predicted molar refractivity (Wildman–Crippen MR) is 97.8 cm³/mol. The van der Waals surface area contributed by atoms with E-state index >= 15 is 0 Å². The Balaban J connectivity index is 2.31. The van der Waals surface area contributed by atoms with E-state index in [9.17, 15) is 14.4 Å². The molecule has 1 heterocycles. The van der Waals surface area contributed by atoms with Gasteiger partial charge in [0.25, 0.3) is 5.91 Å². The Kier molecular flexibility index (Phi) is 5.07. The van der Waals surface area contributed by atoms with Crippen molar-refractivity contribution >= 4 is 17.7 Å². The normalized spacial score (nSPS) is 20.4. The molecular weight excluding hydrogens is 316 g/mol. The molecule has 0 aliphatic carbocycles. The van der Waals surface area contributed by atoms with Gasteiger partial charge in [0.15, 0.2) is 5.78 Å². The summed E-state index contributed by atoms with van der Waals surface area (Å²) in [5.74, 6) is -0.257. The first kappa shape index (κ1) is 19.2. The van der Waals surface area contributed by atoms with Gasteiger partial charge in [-0.2, -0.15) is 0 Å². The van der Waals surface area contributed by atoms with Gasteiger partial charge in [-0.05, 0) is 69.2 Å². The molecule has 0 spiro atoms. The second-order valence-corrected chi connectivity index (χ2v) is 7.81. The highest BCUT2D eigenvalue weighted by atomic mass is 16.2. The molecule has 5 nitrogen and oxygen atoms in total. The summed E-state index contributed by atoms with van der Waals surface area (Å²) >= 11 is 0. The standard InChI is InChI=1S/C20H28N2O3/c1-11(2)9-20(7)18(24)22(19(25)21-20)10-16(23)17-14(5)12(3)8-13(4)15(17)6/h8,11H,9-10H2,1-7H3,(H,21,25)/t20-/m0/s1. The molecule has 1 atom stereocenters. The number of nitrogens with one attached hydrogen (secondary N) is 1. The molecule has 0 radical (unpaired) electrons. The molecule has 0 unspecified atom stereocenters. The molecule has 0 aromatic heterocycles. The smallest absolute Gasteiger partial charge is 0.323 e. The van der Waals surface area contributed by atoms with E-state index in [1.165, 1.54) is 0 Å². The Morgan fingerprint density at radius 3 is 2.12 bits per heavy atom. The Labute approximate surface area is 149 Å². The number of ketones is 1. The topological polar surface area (TPSA) is 66.5 Å². The summed E-state index contributed by atoms with van der Waals surface area (Å²) in [4.78, 5) is 39.0. The zero-order valence-corrected chi connectivity index (χ0v) is 16.2. The summed E-state index contributed by atoms with van der Waals surface area (Å²) in [5.41, 5.74) is 3.57. The molecule has 3 amide bonds. The van der Waals surface area contributed by atoms with E-state index in [0.717, 1.165) is 27.2 Å². The maximum absolute atomic E-state index is 12.9. The molecule has 1 N–H and O–H groups in total. The third-order valence-corrected chi connectivity index (χ3v) is 5.11. The van der Waals surface area contributed by atoms with Gasteiger partial charge in [-0.3, -0.25) is 14.5 Å². The lowest BCUT2D eigenvalue weighted by atomic mass is 9.90. The number of carbonyl (C=O) groups excluding carboxylic acids is 3. The van der Waals surface area contributed by atoms with E-state index in [2.05, 4.69) is 11.4 Å². The number of imide groups is 1. The van der Waals surface area contributed by atoms with E-state index in [1.807, 2.05) is 41.5 Å². The van der Waals surface area contributed by atoms with Gasteiger partial charge in [0.2, 0.25) is 0 Å². The highest BCUT2D eigenvalue weighted by molar-refractivity contribution is 6.11. The largest absolute Gasteiger partial charge is 0.325 e. The lowest BCUT2D eigenvalue weighted by molar-refractivity contribution is -0.131. The van der Waals surface area contributed by atoms with Crippen molar-refractivity contribution in [3.8, 4) is 0 Å². The number of amides is 3. The second-order valence-electron chi connectivity index (χ2n) is 7.81. The average molecular weight is 344 g/mol. The van der Waals surface area contributed by atoms with Crippen LogP contribution < -0.4 is 5.32 Å². The summed E-state index contributed by atoms with van der Waals surface area (Å²) < 4.78 is 0. The molecule has 1 aromatic carbocycles. The van der Waals surface area contributed by atoms with E-state index in [4.69, 9.17) is 0 Å². The van der Waals surface area contributed by atoms with Gasteiger partial charge < -0.3 is 5.32 Å². The van der Waals surface area contributed by atoms with Crippen LogP contribution >= 0.6 is 0 Å².